The number of hydrogen-bond donors (Lipinski definition) is 1. The quantitative estimate of drug-likeness (QED) is 0.731. The molecule has 0 atom stereocenters. The van der Waals surface area contributed by atoms with Gasteiger partial charge in [-0.2, -0.15) is 0 Å². The molecule has 2 aromatic carbocycles. The Morgan fingerprint density at radius 2 is 1.75 bits per heavy atom. The van der Waals surface area contributed by atoms with Gasteiger partial charge in [-0.15, -0.1) is 0 Å². The molecule has 2 N–H and O–H groups in total. The Balaban J connectivity index is 2.32. The van der Waals surface area contributed by atoms with E-state index >= 15 is 0 Å². The van der Waals surface area contributed by atoms with E-state index in [0.717, 1.165) is 12.1 Å². The van der Waals surface area contributed by atoms with Crippen LogP contribution in [0.1, 0.15) is 0 Å². The van der Waals surface area contributed by atoms with Crippen molar-refractivity contribution in [2.75, 3.05) is 5.73 Å². The number of nitrogens with two attached hydrogens (primary N) is 1. The van der Waals surface area contributed by atoms with Gasteiger partial charge in [0.1, 0.15) is 5.82 Å². The fourth-order valence-corrected chi connectivity index (χ4v) is 2.32. The van der Waals surface area contributed by atoms with Gasteiger partial charge in [0.15, 0.2) is 11.6 Å². The molecule has 0 aliphatic heterocycles. The van der Waals surface area contributed by atoms with Gasteiger partial charge in [-0.05, 0) is 34.1 Å². The van der Waals surface area contributed by atoms with E-state index in [-0.39, 0.29) is 10.4 Å². The van der Waals surface area contributed by atoms with Crippen LogP contribution in [0.5, 0.6) is 0 Å². The molecule has 3 nitrogen and oxygen atoms in total. The molecular formula is C13H7BrF3N3. The molecule has 3 aromatic rings. The molecule has 0 fully saturated rings. The maximum atomic E-state index is 13.5. The molecule has 7 heteroatoms. The summed E-state index contributed by atoms with van der Waals surface area (Å²) in [6, 6.07) is 6.06. The summed E-state index contributed by atoms with van der Waals surface area (Å²) in [7, 11) is 0. The summed E-state index contributed by atoms with van der Waals surface area (Å²) in [6.07, 6.45) is 0. The fourth-order valence-electron chi connectivity index (χ4n) is 1.99. The summed E-state index contributed by atoms with van der Waals surface area (Å²) in [4.78, 5) is 4.01. The summed E-state index contributed by atoms with van der Waals surface area (Å²) in [5.74, 6) is -2.37. The highest BCUT2D eigenvalue weighted by Crippen LogP contribution is 2.28. The largest absolute Gasteiger partial charge is 0.369 e. The predicted molar refractivity (Wildman–Crippen MR) is 73.1 cm³/mol. The van der Waals surface area contributed by atoms with Crippen LogP contribution in [-0.2, 0) is 0 Å². The lowest BCUT2D eigenvalue weighted by Crippen LogP contribution is -2.01. The van der Waals surface area contributed by atoms with Crippen molar-refractivity contribution in [3.63, 3.8) is 0 Å². The van der Waals surface area contributed by atoms with E-state index in [1.54, 1.807) is 0 Å². The second-order valence-corrected chi connectivity index (χ2v) is 5.01. The van der Waals surface area contributed by atoms with E-state index in [2.05, 4.69) is 20.9 Å². The van der Waals surface area contributed by atoms with Gasteiger partial charge in [0, 0.05) is 12.1 Å². The molecule has 0 saturated carbocycles. The Bertz CT molecular complexity index is 829. The van der Waals surface area contributed by atoms with Crippen LogP contribution in [0.4, 0.5) is 19.1 Å². The second-order valence-electron chi connectivity index (χ2n) is 4.16. The molecule has 0 unspecified atom stereocenters. The molecule has 20 heavy (non-hydrogen) atoms. The van der Waals surface area contributed by atoms with Gasteiger partial charge < -0.3 is 5.73 Å². The molecule has 1 aromatic heterocycles. The summed E-state index contributed by atoms with van der Waals surface area (Å²) in [5, 5.41) is 0. The van der Waals surface area contributed by atoms with Crippen molar-refractivity contribution < 1.29 is 13.2 Å². The van der Waals surface area contributed by atoms with Gasteiger partial charge in [0.2, 0.25) is 5.95 Å². The minimum atomic E-state index is -0.995. The lowest BCUT2D eigenvalue weighted by Gasteiger charge is -2.07. The third-order valence-corrected chi connectivity index (χ3v) is 3.49. The maximum absolute atomic E-state index is 13.5. The standard InChI is InChI=1S/C13H7BrF3N3/c14-7-4-12-11(5-9(7)16)19-13(18)20(12)6-1-2-8(15)10(17)3-6/h1-5H,(H2,18,19). The lowest BCUT2D eigenvalue weighted by molar-refractivity contribution is 0.508. The molecular weight excluding hydrogens is 335 g/mol. The van der Waals surface area contributed by atoms with Gasteiger partial charge >= 0.3 is 0 Å². The number of nitrogen functional groups attached to an aromatic ring is 1. The predicted octanol–water partition coefficient (Wildman–Crippen LogP) is 3.79. The number of aromatic nitrogens is 2. The number of anilines is 1. The van der Waals surface area contributed by atoms with Crippen LogP contribution in [0.2, 0.25) is 0 Å². The molecule has 102 valence electrons. The van der Waals surface area contributed by atoms with Crippen molar-refractivity contribution in [1.82, 2.24) is 9.55 Å². The van der Waals surface area contributed by atoms with Gasteiger partial charge in [-0.3, -0.25) is 4.57 Å². The zero-order chi connectivity index (χ0) is 14.4. The van der Waals surface area contributed by atoms with Crippen LogP contribution in [0.15, 0.2) is 34.8 Å². The molecule has 0 aliphatic carbocycles. The first-order valence-electron chi connectivity index (χ1n) is 5.56. The van der Waals surface area contributed by atoms with Crippen LogP contribution >= 0.6 is 15.9 Å². The molecule has 1 heterocycles. The zero-order valence-electron chi connectivity index (χ0n) is 9.87. The molecule has 3 rings (SSSR count). The smallest absolute Gasteiger partial charge is 0.205 e. The van der Waals surface area contributed by atoms with Crippen LogP contribution in [0.3, 0.4) is 0 Å². The van der Waals surface area contributed by atoms with Crippen molar-refractivity contribution in [3.05, 3.63) is 52.3 Å². The van der Waals surface area contributed by atoms with E-state index in [1.807, 2.05) is 0 Å². The lowest BCUT2D eigenvalue weighted by atomic mass is 10.2. The van der Waals surface area contributed by atoms with Crippen LogP contribution < -0.4 is 5.73 Å². The highest BCUT2D eigenvalue weighted by molar-refractivity contribution is 9.10. The van der Waals surface area contributed by atoms with Crippen molar-refractivity contribution >= 4 is 32.9 Å². The Morgan fingerprint density at radius 1 is 1.00 bits per heavy atom. The number of nitrogens with zero attached hydrogens (tertiary/aromatic N) is 2. The molecule has 0 aliphatic rings. The van der Waals surface area contributed by atoms with Crippen molar-refractivity contribution in [2.45, 2.75) is 0 Å². The first-order chi connectivity index (χ1) is 9.47. The van der Waals surface area contributed by atoms with Gasteiger partial charge in [-0.25, -0.2) is 18.2 Å². The van der Waals surface area contributed by atoms with E-state index in [0.29, 0.717) is 16.7 Å². The van der Waals surface area contributed by atoms with E-state index in [9.17, 15) is 13.2 Å². The van der Waals surface area contributed by atoms with Gasteiger partial charge in [-0.1, -0.05) is 0 Å². The second kappa shape index (κ2) is 4.52. The van der Waals surface area contributed by atoms with E-state index in [1.165, 1.54) is 22.8 Å². The molecule has 0 spiro atoms. The third kappa shape index (κ3) is 1.94. The molecule has 0 saturated heterocycles. The summed E-state index contributed by atoms with van der Waals surface area (Å²) in [5.41, 5.74) is 6.89. The van der Waals surface area contributed by atoms with Crippen LogP contribution in [0.25, 0.3) is 16.7 Å². The number of fused-ring (bicyclic) bond motifs is 1. The first kappa shape index (κ1) is 13.0. The molecule has 0 bridgehead atoms. The zero-order valence-corrected chi connectivity index (χ0v) is 11.5. The highest BCUT2D eigenvalue weighted by Gasteiger charge is 2.14. The minimum Gasteiger partial charge on any atom is -0.369 e. The molecule has 0 amide bonds. The number of halogens is 4. The first-order valence-corrected chi connectivity index (χ1v) is 6.35. The van der Waals surface area contributed by atoms with Gasteiger partial charge in [0.25, 0.3) is 0 Å². The summed E-state index contributed by atoms with van der Waals surface area (Å²) < 4.78 is 41.4. The average molecular weight is 342 g/mol. The maximum Gasteiger partial charge on any atom is 0.205 e. The minimum absolute atomic E-state index is 0.0588. The van der Waals surface area contributed by atoms with Crippen LogP contribution in [0, 0.1) is 17.5 Å². The van der Waals surface area contributed by atoms with E-state index < -0.39 is 17.5 Å². The van der Waals surface area contributed by atoms with Crippen molar-refractivity contribution in [3.8, 4) is 5.69 Å². The van der Waals surface area contributed by atoms with Crippen molar-refractivity contribution in [1.29, 1.82) is 0 Å². The van der Waals surface area contributed by atoms with E-state index in [4.69, 9.17) is 5.73 Å². The monoisotopic (exact) mass is 341 g/mol. The normalized spacial score (nSPS) is 11.2. The average Bonchev–Trinajstić information content (AvgIpc) is 2.69. The third-order valence-electron chi connectivity index (χ3n) is 2.88. The van der Waals surface area contributed by atoms with Crippen LogP contribution in [-0.4, -0.2) is 9.55 Å². The number of rotatable bonds is 1. The number of hydrogen-bond acceptors (Lipinski definition) is 2. The number of benzene rings is 2. The Labute approximate surface area is 120 Å². The Kier molecular flexibility index (Phi) is 2.93. The van der Waals surface area contributed by atoms with Gasteiger partial charge in [0.05, 0.1) is 21.2 Å². The highest BCUT2D eigenvalue weighted by atomic mass is 79.9. The SMILES string of the molecule is Nc1nc2cc(F)c(Br)cc2n1-c1ccc(F)c(F)c1. The fraction of sp³-hybridized carbons (Fsp3) is 0. The summed E-state index contributed by atoms with van der Waals surface area (Å²) >= 11 is 3.07. The van der Waals surface area contributed by atoms with Crippen molar-refractivity contribution in [2.24, 2.45) is 0 Å². The molecule has 0 radical (unpaired) electrons. The Morgan fingerprint density at radius 3 is 2.45 bits per heavy atom. The number of imidazole rings is 1. The topological polar surface area (TPSA) is 43.8 Å². The Hall–Kier alpha value is -2.02. The summed E-state index contributed by atoms with van der Waals surface area (Å²) in [6.45, 7) is 0.